The molecule has 0 N–H and O–H groups in total. The van der Waals surface area contributed by atoms with Gasteiger partial charge in [0.05, 0.1) is 6.42 Å². The third-order valence-corrected chi connectivity index (χ3v) is 1.07. The van der Waals surface area contributed by atoms with E-state index in [1.165, 1.54) is 6.20 Å². The van der Waals surface area contributed by atoms with E-state index >= 15 is 0 Å². The number of aromatic nitrogens is 1. The second-order valence-electron chi connectivity index (χ2n) is 1.91. The van der Waals surface area contributed by atoms with Crippen LogP contribution in [0, 0.1) is 0 Å². The number of carbonyl (C=O) groups excluding carboxylic acids is 1. The Morgan fingerprint density at radius 1 is 1.60 bits per heavy atom. The second-order valence-corrected chi connectivity index (χ2v) is 1.91. The highest BCUT2D eigenvalue weighted by Crippen LogP contribution is 1.95. The van der Waals surface area contributed by atoms with Gasteiger partial charge in [-0.2, -0.15) is 0 Å². The molecular weight excluding hydrogens is 130 g/mol. The number of carbonyl (C=O) groups is 1. The Balaban J connectivity index is 2.67. The minimum Gasteiger partial charge on any atom is -0.264 e. The molecule has 0 aliphatic carbocycles. The highest BCUT2D eigenvalue weighted by molar-refractivity contribution is 5.69. The van der Waals surface area contributed by atoms with E-state index in [1.807, 2.05) is 0 Å². The molecule has 0 unspecified atom stereocenters. The fourth-order valence-electron chi connectivity index (χ4n) is 0.669. The van der Waals surface area contributed by atoms with Crippen molar-refractivity contribution in [2.45, 2.75) is 6.42 Å². The normalized spacial score (nSPS) is 9.20. The van der Waals surface area contributed by atoms with Crippen molar-refractivity contribution in [3.05, 3.63) is 30.1 Å². The fraction of sp³-hybridized carbons (Fsp3) is 0.143. The van der Waals surface area contributed by atoms with Gasteiger partial charge in [-0.3, -0.25) is 4.98 Å². The Labute approximate surface area is 58.3 Å². The summed E-state index contributed by atoms with van der Waals surface area (Å²) in [6, 6.07) is 3.39. The third-order valence-electron chi connectivity index (χ3n) is 1.07. The molecule has 3 nitrogen and oxygen atoms in total. The van der Waals surface area contributed by atoms with Crippen molar-refractivity contribution >= 4 is 5.97 Å². The van der Waals surface area contributed by atoms with E-state index in [-0.39, 0.29) is 6.42 Å². The summed E-state index contributed by atoms with van der Waals surface area (Å²) in [7, 11) is 0. The number of hydrogen-bond donors (Lipinski definition) is 0. The van der Waals surface area contributed by atoms with Gasteiger partial charge in [-0.05, 0) is 11.6 Å². The first-order valence-electron chi connectivity index (χ1n) is 2.88. The van der Waals surface area contributed by atoms with Crippen LogP contribution in [0.3, 0.4) is 0 Å². The molecule has 1 rings (SSSR count). The van der Waals surface area contributed by atoms with Crippen LogP contribution in [0.4, 0.5) is 0 Å². The molecule has 10 heavy (non-hydrogen) atoms. The van der Waals surface area contributed by atoms with Crippen molar-refractivity contribution in [1.82, 2.24) is 4.98 Å². The van der Waals surface area contributed by atoms with Crippen LogP contribution in [0.5, 0.6) is 0 Å². The number of hydrogen-bond acceptors (Lipinski definition) is 2. The van der Waals surface area contributed by atoms with Gasteiger partial charge in [0.25, 0.3) is 0 Å². The maximum Gasteiger partial charge on any atom is 0.359 e. The summed E-state index contributed by atoms with van der Waals surface area (Å²) in [5.74, 6) is -1.08. The van der Waals surface area contributed by atoms with Crippen LogP contribution in [-0.4, -0.2) is 11.0 Å². The largest absolute Gasteiger partial charge is 0.359 e. The average molecular weight is 136 g/mol. The first-order chi connectivity index (χ1) is 4.79. The zero-order chi connectivity index (χ0) is 7.40. The van der Waals surface area contributed by atoms with Gasteiger partial charge in [0, 0.05) is 12.4 Å². The van der Waals surface area contributed by atoms with Crippen LogP contribution in [0.2, 0.25) is 0 Å². The van der Waals surface area contributed by atoms with Crippen LogP contribution in [-0.2, 0) is 16.3 Å². The van der Waals surface area contributed by atoms with Crippen molar-refractivity contribution in [2.75, 3.05) is 0 Å². The molecule has 0 bridgehead atoms. The molecule has 1 aromatic rings. The van der Waals surface area contributed by atoms with Gasteiger partial charge in [0.2, 0.25) is 0 Å². The third kappa shape index (κ3) is 1.85. The monoisotopic (exact) mass is 136 g/mol. The smallest absolute Gasteiger partial charge is 0.264 e. The number of rotatable bonds is 2. The Morgan fingerprint density at radius 2 is 2.40 bits per heavy atom. The van der Waals surface area contributed by atoms with Gasteiger partial charge < -0.3 is 0 Å². The Morgan fingerprint density at radius 3 is 2.90 bits per heavy atom. The van der Waals surface area contributed by atoms with Crippen molar-refractivity contribution in [1.29, 1.82) is 0 Å². The van der Waals surface area contributed by atoms with Crippen LogP contribution in [0.15, 0.2) is 24.5 Å². The lowest BCUT2D eigenvalue weighted by atomic mass is 10.2. The van der Waals surface area contributed by atoms with E-state index in [9.17, 15) is 9.90 Å². The fourth-order valence-corrected chi connectivity index (χ4v) is 0.669. The van der Waals surface area contributed by atoms with Gasteiger partial charge in [-0.1, -0.05) is 6.07 Å². The maximum absolute atomic E-state index is 10.0. The van der Waals surface area contributed by atoms with E-state index < -0.39 is 5.97 Å². The molecule has 0 fully saturated rings. The minimum absolute atomic E-state index is 0.0617. The standard InChI is InChI=1S/C7H6NO2/c9-7(10)4-6-2-1-3-8-5-6/h1-3,5H,4H2. The van der Waals surface area contributed by atoms with Gasteiger partial charge in [0.15, 0.2) is 0 Å². The quantitative estimate of drug-likeness (QED) is 0.597. The summed E-state index contributed by atoms with van der Waals surface area (Å²) < 4.78 is 0. The average Bonchev–Trinajstić information content (AvgIpc) is 1.88. The van der Waals surface area contributed by atoms with E-state index in [0.717, 1.165) is 0 Å². The molecule has 0 saturated carbocycles. The van der Waals surface area contributed by atoms with Gasteiger partial charge in [-0.15, -0.1) is 0 Å². The Hall–Kier alpha value is -1.38. The lowest BCUT2D eigenvalue weighted by molar-refractivity contribution is -0.142. The zero-order valence-corrected chi connectivity index (χ0v) is 5.28. The second kappa shape index (κ2) is 2.96. The SMILES string of the molecule is [O]C(=O)Cc1cccnc1. The molecule has 0 amide bonds. The summed E-state index contributed by atoms with van der Waals surface area (Å²) >= 11 is 0. The first kappa shape index (κ1) is 6.74. The van der Waals surface area contributed by atoms with Crippen molar-refractivity contribution in [3.63, 3.8) is 0 Å². The van der Waals surface area contributed by atoms with Crippen molar-refractivity contribution in [2.24, 2.45) is 0 Å². The molecule has 1 radical (unpaired) electrons. The zero-order valence-electron chi connectivity index (χ0n) is 5.28. The number of nitrogens with zero attached hydrogens (tertiary/aromatic N) is 1. The Bertz CT molecular complexity index is 220. The van der Waals surface area contributed by atoms with Crippen molar-refractivity contribution < 1.29 is 9.90 Å². The molecular formula is C7H6NO2. The first-order valence-corrected chi connectivity index (χ1v) is 2.88. The summed E-state index contributed by atoms with van der Waals surface area (Å²) in [5, 5.41) is 10.0. The predicted molar refractivity (Wildman–Crippen MR) is 33.6 cm³/mol. The molecule has 0 atom stereocenters. The highest BCUT2D eigenvalue weighted by atomic mass is 16.4. The number of pyridine rings is 1. The molecule has 51 valence electrons. The highest BCUT2D eigenvalue weighted by Gasteiger charge is 1.99. The molecule has 0 saturated heterocycles. The molecule has 1 heterocycles. The van der Waals surface area contributed by atoms with E-state index in [2.05, 4.69) is 4.98 Å². The van der Waals surface area contributed by atoms with E-state index in [1.54, 1.807) is 18.3 Å². The summed E-state index contributed by atoms with van der Waals surface area (Å²) in [5.41, 5.74) is 0.669. The molecule has 0 aliphatic heterocycles. The lowest BCUT2D eigenvalue weighted by Crippen LogP contribution is -1.97. The molecule has 1 aromatic heterocycles. The summed E-state index contributed by atoms with van der Waals surface area (Å²) in [4.78, 5) is 13.8. The van der Waals surface area contributed by atoms with Crippen molar-refractivity contribution in [3.8, 4) is 0 Å². The molecule has 0 aromatic carbocycles. The van der Waals surface area contributed by atoms with Gasteiger partial charge >= 0.3 is 5.97 Å². The van der Waals surface area contributed by atoms with Gasteiger partial charge in [-0.25, -0.2) is 9.90 Å². The molecule has 0 aliphatic rings. The van der Waals surface area contributed by atoms with Crippen LogP contribution in [0.1, 0.15) is 5.56 Å². The van der Waals surface area contributed by atoms with Gasteiger partial charge in [0.1, 0.15) is 0 Å². The van der Waals surface area contributed by atoms with E-state index in [0.29, 0.717) is 5.56 Å². The predicted octanol–water partition coefficient (Wildman–Crippen LogP) is 0.581. The van der Waals surface area contributed by atoms with Crippen LogP contribution < -0.4 is 0 Å². The maximum atomic E-state index is 10.0. The molecule has 3 heteroatoms. The van der Waals surface area contributed by atoms with Crippen LogP contribution in [0.25, 0.3) is 0 Å². The summed E-state index contributed by atoms with van der Waals surface area (Å²) in [6.45, 7) is 0. The van der Waals surface area contributed by atoms with Crippen LogP contribution >= 0.6 is 0 Å². The molecule has 0 spiro atoms. The minimum atomic E-state index is -1.08. The Kier molecular flexibility index (Phi) is 1.99. The summed E-state index contributed by atoms with van der Waals surface area (Å²) in [6.07, 6.45) is 3.04. The lowest BCUT2D eigenvalue weighted by Gasteiger charge is -1.90. The topological polar surface area (TPSA) is 49.9 Å². The van der Waals surface area contributed by atoms with E-state index in [4.69, 9.17) is 0 Å².